The van der Waals surface area contributed by atoms with Gasteiger partial charge in [-0.3, -0.25) is 4.79 Å². The number of benzene rings is 2. The maximum atomic E-state index is 12.8. The highest BCUT2D eigenvalue weighted by Gasteiger charge is 2.38. The molecule has 1 heterocycles. The average molecular weight is 410 g/mol. The summed E-state index contributed by atoms with van der Waals surface area (Å²) >= 11 is 0. The number of likely N-dealkylation sites (tertiary alicyclic amines) is 1. The second-order valence-corrected chi connectivity index (χ2v) is 8.33. The van der Waals surface area contributed by atoms with Gasteiger partial charge in [-0.05, 0) is 56.0 Å². The lowest BCUT2D eigenvalue weighted by atomic mass is 9.79. The van der Waals surface area contributed by atoms with Crippen molar-refractivity contribution in [2.45, 2.75) is 40.2 Å². The van der Waals surface area contributed by atoms with Crippen LogP contribution in [0.1, 0.15) is 36.5 Å². The summed E-state index contributed by atoms with van der Waals surface area (Å²) in [7, 11) is 1.63. The third-order valence-corrected chi connectivity index (χ3v) is 5.91. The largest absolute Gasteiger partial charge is 0.497 e. The second kappa shape index (κ2) is 9.20. The number of methoxy groups -OCH3 is 1. The van der Waals surface area contributed by atoms with Gasteiger partial charge in [-0.15, -0.1) is 0 Å². The third-order valence-electron chi connectivity index (χ3n) is 5.91. The van der Waals surface area contributed by atoms with E-state index in [1.54, 1.807) is 12.0 Å². The highest BCUT2D eigenvalue weighted by Crippen LogP contribution is 2.31. The average Bonchev–Trinajstić information content (AvgIpc) is 2.74. The minimum Gasteiger partial charge on any atom is -0.497 e. The molecular formula is C24H31N3O3. The molecule has 2 aromatic carbocycles. The normalized spacial score (nSPS) is 15.4. The molecule has 0 spiro atoms. The van der Waals surface area contributed by atoms with Crippen LogP contribution in [0.5, 0.6) is 5.75 Å². The highest BCUT2D eigenvalue weighted by molar-refractivity contribution is 5.90. The Balaban J connectivity index is 1.52. The van der Waals surface area contributed by atoms with Crippen LogP contribution in [0.25, 0.3) is 0 Å². The number of nitrogens with one attached hydrogen (secondary N) is 2. The van der Waals surface area contributed by atoms with Crippen molar-refractivity contribution in [3.8, 4) is 5.75 Å². The van der Waals surface area contributed by atoms with Gasteiger partial charge in [0, 0.05) is 30.7 Å². The minimum absolute atomic E-state index is 0.0276. The summed E-state index contributed by atoms with van der Waals surface area (Å²) in [6.45, 7) is 7.57. The Kier molecular flexibility index (Phi) is 6.65. The molecule has 0 aromatic heterocycles. The maximum Gasteiger partial charge on any atom is 0.321 e. The van der Waals surface area contributed by atoms with Gasteiger partial charge in [0.25, 0.3) is 0 Å². The van der Waals surface area contributed by atoms with E-state index in [0.29, 0.717) is 32.5 Å². The standard InChI is InChI=1S/C24H31N3O3/c1-17-8-9-21(18(2)14-17)26-23(29)27-12-10-24(3,11-13-27)22(28)25-16-19-6-5-7-20(15-19)30-4/h5-9,14-15H,10-13,16H2,1-4H3,(H,25,28)(H,26,29). The minimum atomic E-state index is -0.477. The fraction of sp³-hybridized carbons (Fsp3) is 0.417. The Hall–Kier alpha value is -3.02. The van der Waals surface area contributed by atoms with E-state index in [-0.39, 0.29) is 11.9 Å². The first-order valence-electron chi connectivity index (χ1n) is 10.4. The number of ether oxygens (including phenoxy) is 1. The van der Waals surface area contributed by atoms with Crippen LogP contribution in [-0.2, 0) is 11.3 Å². The van der Waals surface area contributed by atoms with Crippen LogP contribution in [0.3, 0.4) is 0 Å². The Morgan fingerprint density at radius 2 is 1.83 bits per heavy atom. The number of urea groups is 1. The summed E-state index contributed by atoms with van der Waals surface area (Å²) in [6.07, 6.45) is 1.27. The molecule has 30 heavy (non-hydrogen) atoms. The van der Waals surface area contributed by atoms with Gasteiger partial charge in [-0.25, -0.2) is 4.79 Å². The van der Waals surface area contributed by atoms with Crippen molar-refractivity contribution in [1.82, 2.24) is 10.2 Å². The predicted octanol–water partition coefficient (Wildman–Crippen LogP) is 4.26. The smallest absolute Gasteiger partial charge is 0.321 e. The molecule has 1 aliphatic heterocycles. The summed E-state index contributed by atoms with van der Waals surface area (Å²) in [5.74, 6) is 0.802. The summed E-state index contributed by atoms with van der Waals surface area (Å²) in [5, 5.41) is 6.04. The molecule has 160 valence electrons. The molecule has 0 aliphatic carbocycles. The number of rotatable bonds is 5. The molecular weight excluding hydrogens is 378 g/mol. The maximum absolute atomic E-state index is 12.8. The quantitative estimate of drug-likeness (QED) is 0.775. The zero-order valence-electron chi connectivity index (χ0n) is 18.2. The van der Waals surface area contributed by atoms with Crippen molar-refractivity contribution < 1.29 is 14.3 Å². The molecule has 2 N–H and O–H groups in total. The van der Waals surface area contributed by atoms with Gasteiger partial charge in [0.05, 0.1) is 7.11 Å². The van der Waals surface area contributed by atoms with Crippen molar-refractivity contribution in [1.29, 1.82) is 0 Å². The van der Waals surface area contributed by atoms with Gasteiger partial charge >= 0.3 is 6.03 Å². The first kappa shape index (κ1) is 21.7. The number of anilines is 1. The molecule has 6 heteroatoms. The van der Waals surface area contributed by atoms with Crippen molar-refractivity contribution in [2.24, 2.45) is 5.41 Å². The van der Waals surface area contributed by atoms with Crippen molar-refractivity contribution in [2.75, 3.05) is 25.5 Å². The monoisotopic (exact) mass is 409 g/mol. The third kappa shape index (κ3) is 5.12. The molecule has 1 aliphatic rings. The van der Waals surface area contributed by atoms with E-state index in [2.05, 4.69) is 16.7 Å². The molecule has 2 aromatic rings. The number of piperidine rings is 1. The molecule has 3 rings (SSSR count). The number of hydrogen-bond acceptors (Lipinski definition) is 3. The highest BCUT2D eigenvalue weighted by atomic mass is 16.5. The van der Waals surface area contributed by atoms with E-state index in [1.807, 2.05) is 57.2 Å². The molecule has 6 nitrogen and oxygen atoms in total. The second-order valence-electron chi connectivity index (χ2n) is 8.33. The van der Waals surface area contributed by atoms with E-state index in [9.17, 15) is 9.59 Å². The topological polar surface area (TPSA) is 70.7 Å². The number of nitrogens with zero attached hydrogens (tertiary/aromatic N) is 1. The van der Waals surface area contributed by atoms with Gasteiger partial charge in [0.1, 0.15) is 5.75 Å². The van der Waals surface area contributed by atoms with E-state index in [1.165, 1.54) is 5.56 Å². The molecule has 0 atom stereocenters. The first-order valence-corrected chi connectivity index (χ1v) is 10.4. The lowest BCUT2D eigenvalue weighted by molar-refractivity contribution is -0.132. The molecule has 0 unspecified atom stereocenters. The Morgan fingerprint density at radius 1 is 1.10 bits per heavy atom. The van der Waals surface area contributed by atoms with Crippen LogP contribution in [-0.4, -0.2) is 37.0 Å². The fourth-order valence-corrected chi connectivity index (χ4v) is 3.76. The van der Waals surface area contributed by atoms with Gasteiger partial charge in [-0.2, -0.15) is 0 Å². The summed E-state index contributed by atoms with van der Waals surface area (Å²) in [5.41, 5.74) is 3.56. The van der Waals surface area contributed by atoms with Gasteiger partial charge < -0.3 is 20.3 Å². The van der Waals surface area contributed by atoms with E-state index >= 15 is 0 Å². The molecule has 1 fully saturated rings. The number of amides is 3. The van der Waals surface area contributed by atoms with E-state index in [0.717, 1.165) is 22.6 Å². The molecule has 0 saturated carbocycles. The summed E-state index contributed by atoms with van der Waals surface area (Å²) < 4.78 is 5.23. The zero-order chi connectivity index (χ0) is 21.7. The zero-order valence-corrected chi connectivity index (χ0v) is 18.2. The van der Waals surface area contributed by atoms with Crippen LogP contribution >= 0.6 is 0 Å². The van der Waals surface area contributed by atoms with Crippen molar-refractivity contribution >= 4 is 17.6 Å². The lowest BCUT2D eigenvalue weighted by Gasteiger charge is -2.38. The number of aryl methyl sites for hydroxylation is 2. The number of carbonyl (C=O) groups is 2. The molecule has 1 saturated heterocycles. The van der Waals surface area contributed by atoms with Crippen molar-refractivity contribution in [3.05, 3.63) is 59.2 Å². The Morgan fingerprint density at radius 3 is 2.50 bits per heavy atom. The lowest BCUT2D eigenvalue weighted by Crippen LogP contribution is -2.49. The summed E-state index contributed by atoms with van der Waals surface area (Å²) in [4.78, 5) is 27.3. The van der Waals surface area contributed by atoms with Gasteiger partial charge in [0.15, 0.2) is 0 Å². The summed E-state index contributed by atoms with van der Waals surface area (Å²) in [6, 6.07) is 13.5. The van der Waals surface area contributed by atoms with Crippen LogP contribution in [0, 0.1) is 19.3 Å². The van der Waals surface area contributed by atoms with Crippen LogP contribution in [0.4, 0.5) is 10.5 Å². The van der Waals surface area contributed by atoms with Crippen LogP contribution in [0.2, 0.25) is 0 Å². The van der Waals surface area contributed by atoms with Gasteiger partial charge in [-0.1, -0.05) is 36.8 Å². The van der Waals surface area contributed by atoms with E-state index in [4.69, 9.17) is 4.74 Å². The van der Waals surface area contributed by atoms with Crippen LogP contribution < -0.4 is 15.4 Å². The first-order chi connectivity index (χ1) is 14.3. The SMILES string of the molecule is COc1cccc(CNC(=O)C2(C)CCN(C(=O)Nc3ccc(C)cc3C)CC2)c1. The number of carbonyl (C=O) groups excluding carboxylic acids is 2. The molecule has 0 radical (unpaired) electrons. The van der Waals surface area contributed by atoms with Crippen LogP contribution in [0.15, 0.2) is 42.5 Å². The molecule has 3 amide bonds. The Bertz CT molecular complexity index is 918. The van der Waals surface area contributed by atoms with Crippen molar-refractivity contribution in [3.63, 3.8) is 0 Å². The predicted molar refractivity (Wildman–Crippen MR) is 119 cm³/mol. The van der Waals surface area contributed by atoms with Gasteiger partial charge in [0.2, 0.25) is 5.91 Å². The fourth-order valence-electron chi connectivity index (χ4n) is 3.76. The molecule has 0 bridgehead atoms. The number of hydrogen-bond donors (Lipinski definition) is 2. The van der Waals surface area contributed by atoms with E-state index < -0.39 is 5.41 Å². The Labute approximate surface area is 178 Å².